The number of nitrogens with zero attached hydrogens (tertiary/aromatic N) is 2. The van der Waals surface area contributed by atoms with E-state index in [1.54, 1.807) is 0 Å². The Hall–Kier alpha value is -0.560. The van der Waals surface area contributed by atoms with Crippen LogP contribution in [0.2, 0.25) is 0 Å². The number of hydrogen-bond acceptors (Lipinski definition) is 4. The average Bonchev–Trinajstić information content (AvgIpc) is 2.38. The third-order valence-electron chi connectivity index (χ3n) is 1.05. The molecule has 0 aliphatic carbocycles. The highest BCUT2D eigenvalue weighted by molar-refractivity contribution is 8.21. The van der Waals surface area contributed by atoms with E-state index in [-0.39, 0.29) is 0 Å². The van der Waals surface area contributed by atoms with Crippen LogP contribution in [-0.2, 0) is 0 Å². The van der Waals surface area contributed by atoms with E-state index in [0.717, 1.165) is 0 Å². The molecule has 1 aromatic heterocycles. The SMILES string of the molecule is CNS(O)(O)n1ccnc1. The molecule has 0 aliphatic heterocycles. The lowest BCUT2D eigenvalue weighted by molar-refractivity contribution is 0.464. The molecule has 0 aliphatic rings. The summed E-state index contributed by atoms with van der Waals surface area (Å²) in [5.74, 6) is 0. The van der Waals surface area contributed by atoms with Crippen molar-refractivity contribution in [2.45, 2.75) is 0 Å². The maximum absolute atomic E-state index is 9.13. The van der Waals surface area contributed by atoms with Crippen LogP contribution in [0.25, 0.3) is 0 Å². The molecule has 0 unspecified atom stereocenters. The average molecular weight is 163 g/mol. The minimum absolute atomic E-state index is 1.22. The van der Waals surface area contributed by atoms with E-state index < -0.39 is 11.0 Å². The molecule has 1 aromatic rings. The largest absolute Gasteiger partial charge is 0.268 e. The van der Waals surface area contributed by atoms with Crippen molar-refractivity contribution in [1.82, 2.24) is 13.7 Å². The van der Waals surface area contributed by atoms with Crippen molar-refractivity contribution in [2.75, 3.05) is 7.05 Å². The summed E-state index contributed by atoms with van der Waals surface area (Å²) in [5, 5.41) is 0. The van der Waals surface area contributed by atoms with Crippen molar-refractivity contribution in [2.24, 2.45) is 0 Å². The number of nitrogens with one attached hydrogen (secondary N) is 1. The lowest BCUT2D eigenvalue weighted by Crippen LogP contribution is -2.20. The highest BCUT2D eigenvalue weighted by Crippen LogP contribution is 2.33. The molecular weight excluding hydrogens is 154 g/mol. The van der Waals surface area contributed by atoms with Crippen LogP contribution in [0, 0.1) is 0 Å². The summed E-state index contributed by atoms with van der Waals surface area (Å²) < 4.78 is 21.8. The van der Waals surface area contributed by atoms with Crippen LogP contribution in [0.5, 0.6) is 0 Å². The summed E-state index contributed by atoms with van der Waals surface area (Å²) >= 11 is 0. The summed E-state index contributed by atoms with van der Waals surface area (Å²) in [6.07, 6.45) is 4.29. The van der Waals surface area contributed by atoms with Gasteiger partial charge in [-0.3, -0.25) is 9.11 Å². The van der Waals surface area contributed by atoms with Gasteiger partial charge in [0.1, 0.15) is 6.33 Å². The quantitative estimate of drug-likeness (QED) is 0.594. The number of imidazole rings is 1. The van der Waals surface area contributed by atoms with Crippen LogP contribution in [0.1, 0.15) is 0 Å². The third-order valence-corrected chi connectivity index (χ3v) is 2.40. The zero-order valence-corrected chi connectivity index (χ0v) is 6.25. The molecule has 3 N–H and O–H groups in total. The van der Waals surface area contributed by atoms with Crippen LogP contribution in [0.4, 0.5) is 0 Å². The van der Waals surface area contributed by atoms with Gasteiger partial charge in [0.15, 0.2) is 0 Å². The molecule has 0 amide bonds. The van der Waals surface area contributed by atoms with Crippen LogP contribution in [0.15, 0.2) is 18.7 Å². The molecule has 5 nitrogen and oxygen atoms in total. The van der Waals surface area contributed by atoms with Crippen molar-refractivity contribution < 1.29 is 9.11 Å². The standard InChI is InChI=1S/C4H9N3O2S/c1-5-10(8,9)7-3-2-6-4-7/h2-5,8-9H,1H3. The van der Waals surface area contributed by atoms with Gasteiger partial charge in [-0.15, -0.1) is 0 Å². The van der Waals surface area contributed by atoms with Crippen molar-refractivity contribution in [1.29, 1.82) is 0 Å². The Bertz CT molecular complexity index is 198. The first-order chi connectivity index (χ1) is 4.67. The van der Waals surface area contributed by atoms with Gasteiger partial charge >= 0.3 is 0 Å². The number of hydrogen-bond donors (Lipinski definition) is 3. The minimum atomic E-state index is -2.85. The van der Waals surface area contributed by atoms with Gasteiger partial charge in [0, 0.05) is 19.4 Å². The van der Waals surface area contributed by atoms with Gasteiger partial charge in [0.2, 0.25) is 0 Å². The third kappa shape index (κ3) is 1.29. The second-order valence-electron chi connectivity index (χ2n) is 1.65. The molecule has 1 rings (SSSR count). The van der Waals surface area contributed by atoms with E-state index in [2.05, 4.69) is 9.71 Å². The van der Waals surface area contributed by atoms with Crippen LogP contribution in [-0.4, -0.2) is 25.1 Å². The number of rotatable bonds is 2. The Morgan fingerprint density at radius 2 is 2.30 bits per heavy atom. The van der Waals surface area contributed by atoms with E-state index in [9.17, 15) is 0 Å². The monoisotopic (exact) mass is 163 g/mol. The molecule has 0 radical (unpaired) electrons. The normalized spacial score (nSPS) is 13.5. The first-order valence-corrected chi connectivity index (χ1v) is 4.12. The molecule has 6 heteroatoms. The van der Waals surface area contributed by atoms with Gasteiger partial charge in [-0.05, 0) is 11.0 Å². The van der Waals surface area contributed by atoms with Gasteiger partial charge in [0.05, 0.1) is 0 Å². The summed E-state index contributed by atoms with van der Waals surface area (Å²) in [5.41, 5.74) is 0. The Labute approximate surface area is 60.3 Å². The van der Waals surface area contributed by atoms with Crippen LogP contribution >= 0.6 is 11.0 Å². The Morgan fingerprint density at radius 1 is 1.60 bits per heavy atom. The topological polar surface area (TPSA) is 70.3 Å². The fourth-order valence-corrected chi connectivity index (χ4v) is 1.12. The van der Waals surface area contributed by atoms with Gasteiger partial charge in [-0.1, -0.05) is 0 Å². The summed E-state index contributed by atoms with van der Waals surface area (Å²) in [4.78, 5) is 3.66. The van der Waals surface area contributed by atoms with Crippen LogP contribution in [0.3, 0.4) is 0 Å². The molecule has 58 valence electrons. The summed E-state index contributed by atoms with van der Waals surface area (Å²) in [7, 11) is -1.38. The highest BCUT2D eigenvalue weighted by Gasteiger charge is 2.08. The zero-order valence-electron chi connectivity index (χ0n) is 5.43. The molecule has 0 saturated carbocycles. The summed E-state index contributed by atoms with van der Waals surface area (Å²) in [6, 6.07) is 0. The van der Waals surface area contributed by atoms with Crippen molar-refractivity contribution in [3.8, 4) is 0 Å². The zero-order chi connectivity index (χ0) is 7.61. The van der Waals surface area contributed by atoms with Crippen molar-refractivity contribution in [3.05, 3.63) is 18.7 Å². The van der Waals surface area contributed by atoms with E-state index in [1.165, 1.54) is 29.7 Å². The molecule has 1 heterocycles. The van der Waals surface area contributed by atoms with Crippen molar-refractivity contribution >= 4 is 11.0 Å². The van der Waals surface area contributed by atoms with E-state index in [1.807, 2.05) is 0 Å². The van der Waals surface area contributed by atoms with Crippen molar-refractivity contribution in [3.63, 3.8) is 0 Å². The predicted molar refractivity (Wildman–Crippen MR) is 39.5 cm³/mol. The molecule has 0 saturated heterocycles. The first-order valence-electron chi connectivity index (χ1n) is 2.62. The van der Waals surface area contributed by atoms with Crippen LogP contribution < -0.4 is 4.72 Å². The van der Waals surface area contributed by atoms with Gasteiger partial charge < -0.3 is 0 Å². The van der Waals surface area contributed by atoms with Gasteiger partial charge in [0.25, 0.3) is 0 Å². The predicted octanol–water partition coefficient (Wildman–Crippen LogP) is 0.531. The summed E-state index contributed by atoms with van der Waals surface area (Å²) in [6.45, 7) is 0. The maximum atomic E-state index is 9.13. The molecule has 0 fully saturated rings. The second-order valence-corrected chi connectivity index (χ2v) is 3.51. The molecule has 10 heavy (non-hydrogen) atoms. The minimum Gasteiger partial charge on any atom is -0.268 e. The lowest BCUT2D eigenvalue weighted by Gasteiger charge is -2.31. The Kier molecular flexibility index (Phi) is 1.95. The molecule has 0 aromatic carbocycles. The lowest BCUT2D eigenvalue weighted by atomic mass is 11.0. The second kappa shape index (κ2) is 2.59. The first kappa shape index (κ1) is 7.55. The van der Waals surface area contributed by atoms with E-state index in [0.29, 0.717) is 0 Å². The molecule has 0 bridgehead atoms. The van der Waals surface area contributed by atoms with Gasteiger partial charge in [-0.25, -0.2) is 13.7 Å². The van der Waals surface area contributed by atoms with E-state index >= 15 is 0 Å². The smallest absolute Gasteiger partial charge is 0.115 e. The highest BCUT2D eigenvalue weighted by atomic mass is 32.3. The Morgan fingerprint density at radius 3 is 2.70 bits per heavy atom. The number of aromatic nitrogens is 2. The fourth-order valence-electron chi connectivity index (χ4n) is 0.503. The molecule has 0 spiro atoms. The van der Waals surface area contributed by atoms with Gasteiger partial charge in [-0.2, -0.15) is 0 Å². The van der Waals surface area contributed by atoms with E-state index in [4.69, 9.17) is 9.11 Å². The molecular formula is C4H9N3O2S. The maximum Gasteiger partial charge on any atom is 0.115 e. The molecule has 0 atom stereocenters. The fraction of sp³-hybridized carbons (Fsp3) is 0.250. The Balaban J connectivity index is 2.85.